The highest BCUT2D eigenvalue weighted by atomic mass is 35.5. The van der Waals surface area contributed by atoms with Crippen molar-refractivity contribution in [2.75, 3.05) is 0 Å². The molecule has 2 atom stereocenters. The van der Waals surface area contributed by atoms with Gasteiger partial charge in [-0.05, 0) is 18.5 Å². The van der Waals surface area contributed by atoms with Gasteiger partial charge in [-0.3, -0.25) is 4.79 Å². The molecule has 0 N–H and O–H groups in total. The van der Waals surface area contributed by atoms with E-state index in [9.17, 15) is 4.79 Å². The summed E-state index contributed by atoms with van der Waals surface area (Å²) in [6.07, 6.45) is 1.73. The maximum Gasteiger partial charge on any atom is 0.336 e. The van der Waals surface area contributed by atoms with E-state index in [0.717, 1.165) is 0 Å². The van der Waals surface area contributed by atoms with E-state index in [2.05, 4.69) is 5.10 Å². The molecule has 1 rings (SSSR count). The van der Waals surface area contributed by atoms with Crippen molar-refractivity contribution < 1.29 is 4.79 Å². The van der Waals surface area contributed by atoms with Gasteiger partial charge in [0.2, 0.25) is 0 Å². The summed E-state index contributed by atoms with van der Waals surface area (Å²) in [4.78, 5) is 10.6. The van der Waals surface area contributed by atoms with E-state index >= 15 is 0 Å². The van der Waals surface area contributed by atoms with Crippen LogP contribution in [0, 0.1) is 5.92 Å². The quantitative estimate of drug-likeness (QED) is 0.392. The summed E-state index contributed by atoms with van der Waals surface area (Å²) in [6, 6.07) is 0.102. The number of hydrogen-bond acceptors (Lipinski definition) is 2. The van der Waals surface area contributed by atoms with E-state index in [4.69, 9.17) is 11.6 Å². The molecule has 56 valence electrons. The lowest BCUT2D eigenvalue weighted by Gasteiger charge is -2.16. The molecule has 0 aromatic heterocycles. The summed E-state index contributed by atoms with van der Waals surface area (Å²) < 4.78 is 0. The molecule has 1 heterocycles. The van der Waals surface area contributed by atoms with Crippen LogP contribution in [0.4, 0.5) is 4.79 Å². The van der Waals surface area contributed by atoms with Crippen LogP contribution in [0.25, 0.3) is 0 Å². The molecule has 0 aliphatic carbocycles. The van der Waals surface area contributed by atoms with Crippen molar-refractivity contribution >= 4 is 23.2 Å². The standard InChI is InChI=1S/C6H9ClN2O/c1-4-3-8-9(5(4)2)6(7)10/h3-5H,1-2H3. The predicted octanol–water partition coefficient (Wildman–Crippen LogP) is 1.67. The Hall–Kier alpha value is -0.570. The highest BCUT2D eigenvalue weighted by Crippen LogP contribution is 2.17. The topological polar surface area (TPSA) is 32.7 Å². The Morgan fingerprint density at radius 2 is 2.30 bits per heavy atom. The maximum absolute atomic E-state index is 10.6. The van der Waals surface area contributed by atoms with Crippen LogP contribution in [0.5, 0.6) is 0 Å². The minimum atomic E-state index is -0.506. The summed E-state index contributed by atoms with van der Waals surface area (Å²) in [6.45, 7) is 3.91. The smallest absolute Gasteiger partial charge is 0.253 e. The molecule has 10 heavy (non-hydrogen) atoms. The third-order valence-corrected chi connectivity index (χ3v) is 1.93. The second-order valence-corrected chi connectivity index (χ2v) is 2.79. The Morgan fingerprint density at radius 1 is 1.70 bits per heavy atom. The Morgan fingerprint density at radius 3 is 2.50 bits per heavy atom. The number of carbonyl (C=O) groups is 1. The zero-order valence-corrected chi connectivity index (χ0v) is 6.67. The molecule has 3 nitrogen and oxygen atoms in total. The van der Waals surface area contributed by atoms with E-state index in [1.165, 1.54) is 5.01 Å². The molecule has 4 heteroatoms. The molecule has 0 saturated heterocycles. The summed E-state index contributed by atoms with van der Waals surface area (Å²) >= 11 is 5.22. The van der Waals surface area contributed by atoms with Crippen LogP contribution in [0.1, 0.15) is 13.8 Å². The number of halogens is 1. The van der Waals surface area contributed by atoms with Gasteiger partial charge in [0.25, 0.3) is 0 Å². The van der Waals surface area contributed by atoms with Crippen molar-refractivity contribution in [1.82, 2.24) is 5.01 Å². The van der Waals surface area contributed by atoms with Gasteiger partial charge in [0.15, 0.2) is 0 Å². The normalized spacial score (nSPS) is 31.3. The van der Waals surface area contributed by atoms with Crippen LogP contribution >= 0.6 is 11.6 Å². The summed E-state index contributed by atoms with van der Waals surface area (Å²) in [5, 5.41) is 4.60. The monoisotopic (exact) mass is 160 g/mol. The molecule has 0 fully saturated rings. The first-order chi connectivity index (χ1) is 4.63. The van der Waals surface area contributed by atoms with Crippen molar-refractivity contribution in [1.29, 1.82) is 0 Å². The predicted molar refractivity (Wildman–Crippen MR) is 40.2 cm³/mol. The van der Waals surface area contributed by atoms with Gasteiger partial charge in [-0.15, -0.1) is 0 Å². The second-order valence-electron chi connectivity index (χ2n) is 2.46. The molecule has 1 aliphatic rings. The fourth-order valence-electron chi connectivity index (χ4n) is 0.835. The van der Waals surface area contributed by atoms with Crippen molar-refractivity contribution in [3.05, 3.63) is 0 Å². The average molecular weight is 161 g/mol. The summed E-state index contributed by atoms with van der Waals surface area (Å²) in [5.41, 5.74) is 0. The van der Waals surface area contributed by atoms with Crippen molar-refractivity contribution in [2.24, 2.45) is 11.0 Å². The first-order valence-electron chi connectivity index (χ1n) is 3.15. The number of nitrogens with zero attached hydrogens (tertiary/aromatic N) is 2. The fraction of sp³-hybridized carbons (Fsp3) is 0.667. The molecule has 0 aromatic carbocycles. The molecule has 0 radical (unpaired) electrons. The van der Waals surface area contributed by atoms with Gasteiger partial charge in [-0.2, -0.15) is 5.10 Å². The van der Waals surface area contributed by atoms with Gasteiger partial charge < -0.3 is 0 Å². The highest BCUT2D eigenvalue weighted by Gasteiger charge is 2.26. The van der Waals surface area contributed by atoms with Crippen molar-refractivity contribution in [3.8, 4) is 0 Å². The largest absolute Gasteiger partial charge is 0.336 e. The van der Waals surface area contributed by atoms with Gasteiger partial charge in [-0.25, -0.2) is 5.01 Å². The molecular formula is C6H9ClN2O. The summed E-state index contributed by atoms with van der Waals surface area (Å²) in [5.74, 6) is 0.308. The number of rotatable bonds is 0. The lowest BCUT2D eigenvalue weighted by molar-refractivity contribution is 0.207. The van der Waals surface area contributed by atoms with Crippen molar-refractivity contribution in [2.45, 2.75) is 19.9 Å². The van der Waals surface area contributed by atoms with E-state index < -0.39 is 5.37 Å². The van der Waals surface area contributed by atoms with Crippen LogP contribution in [0.2, 0.25) is 0 Å². The number of hydrazone groups is 1. The van der Waals surface area contributed by atoms with Gasteiger partial charge in [0.05, 0.1) is 6.04 Å². The molecule has 0 spiro atoms. The van der Waals surface area contributed by atoms with E-state index in [1.807, 2.05) is 13.8 Å². The number of carbonyl (C=O) groups excluding carboxylic acids is 1. The highest BCUT2D eigenvalue weighted by molar-refractivity contribution is 6.62. The minimum absolute atomic E-state index is 0.102. The Kier molecular flexibility index (Phi) is 1.94. The molecule has 2 unspecified atom stereocenters. The lowest BCUT2D eigenvalue weighted by Crippen LogP contribution is -2.29. The van der Waals surface area contributed by atoms with E-state index in [-0.39, 0.29) is 6.04 Å². The molecule has 1 aliphatic heterocycles. The molecule has 0 saturated carbocycles. The molecule has 1 amide bonds. The van der Waals surface area contributed by atoms with Crippen molar-refractivity contribution in [3.63, 3.8) is 0 Å². The average Bonchev–Trinajstić information content (AvgIpc) is 2.14. The maximum atomic E-state index is 10.6. The number of hydrogen-bond donors (Lipinski definition) is 0. The third kappa shape index (κ3) is 1.14. The molecule has 0 aromatic rings. The van der Waals surface area contributed by atoms with Gasteiger partial charge in [0.1, 0.15) is 0 Å². The summed E-state index contributed by atoms with van der Waals surface area (Å²) in [7, 11) is 0. The Bertz CT molecular complexity index is 181. The van der Waals surface area contributed by atoms with E-state index in [0.29, 0.717) is 5.92 Å². The fourth-order valence-corrected chi connectivity index (χ4v) is 1.03. The minimum Gasteiger partial charge on any atom is -0.253 e. The second kappa shape index (κ2) is 2.58. The third-order valence-electron chi connectivity index (χ3n) is 1.75. The lowest BCUT2D eigenvalue weighted by atomic mass is 10.1. The molecular weight excluding hydrogens is 152 g/mol. The van der Waals surface area contributed by atoms with Gasteiger partial charge in [-0.1, -0.05) is 6.92 Å². The first kappa shape index (κ1) is 7.54. The zero-order valence-electron chi connectivity index (χ0n) is 5.91. The van der Waals surface area contributed by atoms with Crippen LogP contribution in [-0.4, -0.2) is 22.6 Å². The Labute approximate surface area is 64.6 Å². The Balaban J connectivity index is 2.66. The molecule has 0 bridgehead atoms. The van der Waals surface area contributed by atoms with Crippen LogP contribution in [-0.2, 0) is 0 Å². The number of amides is 1. The zero-order chi connectivity index (χ0) is 7.72. The van der Waals surface area contributed by atoms with Gasteiger partial charge in [0, 0.05) is 12.1 Å². The van der Waals surface area contributed by atoms with Gasteiger partial charge >= 0.3 is 5.37 Å². The van der Waals surface area contributed by atoms with Crippen LogP contribution in [0.15, 0.2) is 5.10 Å². The van der Waals surface area contributed by atoms with E-state index in [1.54, 1.807) is 6.21 Å². The van der Waals surface area contributed by atoms with Crippen LogP contribution in [0.3, 0.4) is 0 Å². The SMILES string of the molecule is CC1C=NN(C(=O)Cl)C1C. The first-order valence-corrected chi connectivity index (χ1v) is 3.53. The van der Waals surface area contributed by atoms with Crippen LogP contribution < -0.4 is 0 Å².